The number of rotatable bonds is 8. The van der Waals surface area contributed by atoms with E-state index in [1.807, 2.05) is 47.9 Å². The molecule has 1 aliphatic heterocycles. The van der Waals surface area contributed by atoms with Gasteiger partial charge in [0.1, 0.15) is 17.2 Å². The Hall–Kier alpha value is -2.77. The predicted octanol–water partition coefficient (Wildman–Crippen LogP) is 3.05. The van der Waals surface area contributed by atoms with E-state index in [1.54, 1.807) is 7.11 Å². The first-order valence-corrected chi connectivity index (χ1v) is 10.4. The zero-order valence-electron chi connectivity index (χ0n) is 17.6. The van der Waals surface area contributed by atoms with Gasteiger partial charge in [-0.1, -0.05) is 12.1 Å². The number of aryl methyl sites for hydroxylation is 1. The smallest absolute Gasteiger partial charge is 0.268 e. The lowest BCUT2D eigenvalue weighted by Crippen LogP contribution is -2.38. The van der Waals surface area contributed by atoms with Crippen LogP contribution in [-0.2, 0) is 11.3 Å². The fraction of sp³-hybridized carbons (Fsp3) is 0.435. The SMILES string of the molecule is COc1cccc(Cn2c(C(=O)NCCCN3CCOCC3)cc3oc(C)cc32)c1. The maximum Gasteiger partial charge on any atom is 0.268 e. The maximum absolute atomic E-state index is 13.0. The lowest BCUT2D eigenvalue weighted by molar-refractivity contribution is 0.0374. The van der Waals surface area contributed by atoms with E-state index < -0.39 is 0 Å². The molecule has 1 aliphatic rings. The van der Waals surface area contributed by atoms with Gasteiger partial charge in [-0.25, -0.2) is 0 Å². The third-order valence-electron chi connectivity index (χ3n) is 5.46. The Morgan fingerprint density at radius 3 is 2.83 bits per heavy atom. The van der Waals surface area contributed by atoms with Crippen molar-refractivity contribution in [2.45, 2.75) is 19.9 Å². The van der Waals surface area contributed by atoms with Crippen molar-refractivity contribution in [1.82, 2.24) is 14.8 Å². The highest BCUT2D eigenvalue weighted by Crippen LogP contribution is 2.25. The molecule has 3 aromatic rings. The molecule has 2 aromatic heterocycles. The van der Waals surface area contributed by atoms with Crippen LogP contribution in [-0.4, -0.2) is 61.9 Å². The van der Waals surface area contributed by atoms with Gasteiger partial charge in [-0.3, -0.25) is 9.69 Å². The number of carbonyl (C=O) groups excluding carboxylic acids is 1. The van der Waals surface area contributed by atoms with Gasteiger partial charge in [-0.15, -0.1) is 0 Å². The molecule has 7 heteroatoms. The number of carbonyl (C=O) groups is 1. The minimum absolute atomic E-state index is 0.0797. The molecular formula is C23H29N3O4. The molecule has 0 radical (unpaired) electrons. The number of nitrogens with zero attached hydrogens (tertiary/aromatic N) is 2. The molecule has 1 amide bonds. The lowest BCUT2D eigenvalue weighted by atomic mass is 10.2. The van der Waals surface area contributed by atoms with Crippen LogP contribution in [0.2, 0.25) is 0 Å². The fourth-order valence-corrected chi connectivity index (χ4v) is 3.90. The molecule has 160 valence electrons. The van der Waals surface area contributed by atoms with Crippen LogP contribution in [0.3, 0.4) is 0 Å². The molecular weight excluding hydrogens is 382 g/mol. The molecule has 7 nitrogen and oxygen atoms in total. The fourth-order valence-electron chi connectivity index (χ4n) is 3.90. The summed E-state index contributed by atoms with van der Waals surface area (Å²) in [5.41, 5.74) is 3.33. The summed E-state index contributed by atoms with van der Waals surface area (Å²) in [4.78, 5) is 15.3. The van der Waals surface area contributed by atoms with Gasteiger partial charge in [0.2, 0.25) is 0 Å². The number of fused-ring (bicyclic) bond motifs is 1. The molecule has 0 spiro atoms. The van der Waals surface area contributed by atoms with E-state index in [4.69, 9.17) is 13.9 Å². The van der Waals surface area contributed by atoms with Crippen LogP contribution >= 0.6 is 0 Å². The summed E-state index contributed by atoms with van der Waals surface area (Å²) < 4.78 is 18.5. The van der Waals surface area contributed by atoms with Gasteiger partial charge in [0.15, 0.2) is 5.58 Å². The van der Waals surface area contributed by atoms with Crippen LogP contribution in [0.15, 0.2) is 40.8 Å². The summed E-state index contributed by atoms with van der Waals surface area (Å²) in [5, 5.41) is 3.07. The van der Waals surface area contributed by atoms with E-state index in [1.165, 1.54) is 0 Å². The number of aromatic nitrogens is 1. The van der Waals surface area contributed by atoms with Crippen LogP contribution < -0.4 is 10.1 Å². The van der Waals surface area contributed by atoms with Gasteiger partial charge >= 0.3 is 0 Å². The molecule has 1 saturated heterocycles. The molecule has 1 fully saturated rings. The topological polar surface area (TPSA) is 68.9 Å². The zero-order chi connectivity index (χ0) is 20.9. The van der Waals surface area contributed by atoms with Gasteiger partial charge in [-0.05, 0) is 37.6 Å². The number of hydrogen-bond acceptors (Lipinski definition) is 5. The van der Waals surface area contributed by atoms with Crippen LogP contribution in [0.4, 0.5) is 0 Å². The molecule has 0 unspecified atom stereocenters. The van der Waals surface area contributed by atoms with Crippen molar-refractivity contribution in [1.29, 1.82) is 0 Å². The first kappa shape index (κ1) is 20.5. The zero-order valence-corrected chi connectivity index (χ0v) is 17.6. The van der Waals surface area contributed by atoms with Crippen molar-refractivity contribution in [2.75, 3.05) is 46.5 Å². The Balaban J connectivity index is 1.46. The average molecular weight is 412 g/mol. The number of furan rings is 1. The van der Waals surface area contributed by atoms with E-state index in [-0.39, 0.29) is 5.91 Å². The third kappa shape index (κ3) is 4.68. The summed E-state index contributed by atoms with van der Waals surface area (Å²) in [6, 6.07) is 11.7. The third-order valence-corrected chi connectivity index (χ3v) is 5.46. The van der Waals surface area contributed by atoms with Crippen LogP contribution in [0.5, 0.6) is 5.75 Å². The summed E-state index contributed by atoms with van der Waals surface area (Å²) in [6.45, 7) is 7.61. The number of hydrogen-bond donors (Lipinski definition) is 1. The Bertz CT molecular complexity index is 1000. The lowest BCUT2D eigenvalue weighted by Gasteiger charge is -2.26. The van der Waals surface area contributed by atoms with E-state index in [0.29, 0.717) is 18.8 Å². The minimum Gasteiger partial charge on any atom is -0.497 e. The van der Waals surface area contributed by atoms with Gasteiger partial charge in [0.05, 0.1) is 25.8 Å². The monoisotopic (exact) mass is 411 g/mol. The van der Waals surface area contributed by atoms with Gasteiger partial charge in [-0.2, -0.15) is 0 Å². The highest BCUT2D eigenvalue weighted by atomic mass is 16.5. The molecule has 1 N–H and O–H groups in total. The quantitative estimate of drug-likeness (QED) is 0.577. The van der Waals surface area contributed by atoms with E-state index in [9.17, 15) is 4.79 Å². The first-order valence-electron chi connectivity index (χ1n) is 10.4. The van der Waals surface area contributed by atoms with Crippen molar-refractivity contribution in [2.24, 2.45) is 0 Å². The first-order chi connectivity index (χ1) is 14.6. The van der Waals surface area contributed by atoms with Crippen molar-refractivity contribution >= 4 is 17.0 Å². The van der Waals surface area contributed by atoms with Gasteiger partial charge in [0.25, 0.3) is 5.91 Å². The van der Waals surface area contributed by atoms with Crippen LogP contribution in [0.25, 0.3) is 11.1 Å². The summed E-state index contributed by atoms with van der Waals surface area (Å²) in [7, 11) is 1.65. The second-order valence-electron chi connectivity index (χ2n) is 7.64. The Morgan fingerprint density at radius 2 is 2.03 bits per heavy atom. The maximum atomic E-state index is 13.0. The number of morpholine rings is 1. The predicted molar refractivity (Wildman–Crippen MR) is 115 cm³/mol. The Labute approximate surface area is 176 Å². The van der Waals surface area contributed by atoms with Gasteiger partial charge < -0.3 is 23.8 Å². The number of methoxy groups -OCH3 is 1. The van der Waals surface area contributed by atoms with Crippen molar-refractivity contribution < 1.29 is 18.7 Å². The van der Waals surface area contributed by atoms with E-state index >= 15 is 0 Å². The highest BCUT2D eigenvalue weighted by molar-refractivity contribution is 5.97. The number of nitrogens with one attached hydrogen (secondary N) is 1. The standard InChI is InChI=1S/C23H29N3O4/c1-17-13-20-22(30-17)15-21(26(20)16-18-5-3-6-19(14-18)28-2)23(27)24-7-4-8-25-9-11-29-12-10-25/h3,5-6,13-15H,4,7-12,16H2,1-2H3,(H,24,27). The molecule has 30 heavy (non-hydrogen) atoms. The normalized spacial score (nSPS) is 14.9. The minimum atomic E-state index is -0.0797. The second-order valence-corrected chi connectivity index (χ2v) is 7.64. The summed E-state index contributed by atoms with van der Waals surface area (Å²) in [6.07, 6.45) is 0.914. The molecule has 4 rings (SSSR count). The summed E-state index contributed by atoms with van der Waals surface area (Å²) >= 11 is 0. The Kier molecular flexibility index (Phi) is 6.40. The van der Waals surface area contributed by atoms with Gasteiger partial charge in [0, 0.05) is 38.3 Å². The largest absolute Gasteiger partial charge is 0.497 e. The number of benzene rings is 1. The second kappa shape index (κ2) is 9.36. The number of amides is 1. The molecule has 1 aromatic carbocycles. The van der Waals surface area contributed by atoms with Crippen molar-refractivity contribution in [3.8, 4) is 5.75 Å². The molecule has 0 saturated carbocycles. The highest BCUT2D eigenvalue weighted by Gasteiger charge is 2.19. The van der Waals surface area contributed by atoms with Crippen LogP contribution in [0, 0.1) is 6.92 Å². The van der Waals surface area contributed by atoms with E-state index in [0.717, 1.165) is 67.4 Å². The van der Waals surface area contributed by atoms with Crippen molar-refractivity contribution in [3.63, 3.8) is 0 Å². The molecule has 0 aliphatic carbocycles. The molecule has 0 atom stereocenters. The van der Waals surface area contributed by atoms with E-state index in [2.05, 4.69) is 10.2 Å². The van der Waals surface area contributed by atoms with Crippen molar-refractivity contribution in [3.05, 3.63) is 53.4 Å². The summed E-state index contributed by atoms with van der Waals surface area (Å²) in [5.74, 6) is 1.55. The van der Waals surface area contributed by atoms with Crippen LogP contribution in [0.1, 0.15) is 28.2 Å². The molecule has 3 heterocycles. The average Bonchev–Trinajstić information content (AvgIpc) is 3.29. The Morgan fingerprint density at radius 1 is 1.20 bits per heavy atom. The number of ether oxygens (including phenoxy) is 2. The molecule has 0 bridgehead atoms.